The molecule has 0 aliphatic carbocycles. The maximum absolute atomic E-state index is 11.9. The second-order valence-corrected chi connectivity index (χ2v) is 6.25. The Bertz CT molecular complexity index is 491. The van der Waals surface area contributed by atoms with E-state index in [9.17, 15) is 8.42 Å². The summed E-state index contributed by atoms with van der Waals surface area (Å²) in [6.45, 7) is 3.42. The van der Waals surface area contributed by atoms with Gasteiger partial charge in [0.2, 0.25) is 10.0 Å². The van der Waals surface area contributed by atoms with Gasteiger partial charge in [-0.05, 0) is 47.5 Å². The number of sulfonamides is 1. The highest BCUT2D eigenvalue weighted by molar-refractivity contribution is 9.10. The quantitative estimate of drug-likeness (QED) is 0.587. The number of hydrogen-bond donors (Lipinski definition) is 2. The lowest BCUT2D eigenvalue weighted by molar-refractivity contribution is 0.146. The van der Waals surface area contributed by atoms with E-state index in [0.29, 0.717) is 36.3 Å². The summed E-state index contributed by atoms with van der Waals surface area (Å²) in [5, 5.41) is 0. The molecule has 0 saturated heterocycles. The molecule has 0 spiro atoms. The summed E-state index contributed by atoms with van der Waals surface area (Å²) in [4.78, 5) is 0.166. The van der Waals surface area contributed by atoms with Gasteiger partial charge in [-0.15, -0.1) is 0 Å². The minimum atomic E-state index is -3.49. The van der Waals surface area contributed by atoms with Gasteiger partial charge in [-0.3, -0.25) is 0 Å². The molecule has 0 bridgehead atoms. The predicted molar refractivity (Wildman–Crippen MR) is 74.9 cm³/mol. The Morgan fingerprint density at radius 1 is 1.44 bits per heavy atom. The van der Waals surface area contributed by atoms with Crippen LogP contribution in [0.4, 0.5) is 5.69 Å². The number of hydrogen-bond acceptors (Lipinski definition) is 4. The second kappa shape index (κ2) is 7.08. The van der Waals surface area contributed by atoms with E-state index in [0.717, 1.165) is 0 Å². The van der Waals surface area contributed by atoms with Gasteiger partial charge in [0, 0.05) is 29.9 Å². The third-order valence-electron chi connectivity index (χ3n) is 2.24. The number of nitrogens with one attached hydrogen (secondary N) is 1. The van der Waals surface area contributed by atoms with Gasteiger partial charge in [0.15, 0.2) is 0 Å². The maximum Gasteiger partial charge on any atom is 0.240 e. The van der Waals surface area contributed by atoms with Crippen LogP contribution in [0.3, 0.4) is 0 Å². The number of benzene rings is 1. The molecule has 0 atom stereocenters. The fourth-order valence-electron chi connectivity index (χ4n) is 1.30. The lowest BCUT2D eigenvalue weighted by Gasteiger charge is -2.08. The first-order valence-corrected chi connectivity index (χ1v) is 7.87. The van der Waals surface area contributed by atoms with Crippen LogP contribution in [-0.4, -0.2) is 28.2 Å². The summed E-state index contributed by atoms with van der Waals surface area (Å²) < 4.78 is 32.1. The molecule has 102 valence electrons. The van der Waals surface area contributed by atoms with Gasteiger partial charge in [-0.25, -0.2) is 13.1 Å². The van der Waals surface area contributed by atoms with Crippen LogP contribution in [0.15, 0.2) is 27.6 Å². The Morgan fingerprint density at radius 2 is 2.17 bits per heavy atom. The van der Waals surface area contributed by atoms with Crippen molar-refractivity contribution in [2.45, 2.75) is 18.2 Å². The van der Waals surface area contributed by atoms with Crippen molar-refractivity contribution in [3.05, 3.63) is 22.7 Å². The van der Waals surface area contributed by atoms with Crippen LogP contribution < -0.4 is 10.5 Å². The topological polar surface area (TPSA) is 81.4 Å². The van der Waals surface area contributed by atoms with E-state index in [1.807, 2.05) is 6.92 Å². The Kier molecular flexibility index (Phi) is 6.07. The van der Waals surface area contributed by atoms with Crippen LogP contribution in [0.2, 0.25) is 0 Å². The zero-order chi connectivity index (χ0) is 13.6. The van der Waals surface area contributed by atoms with Gasteiger partial charge in [-0.2, -0.15) is 0 Å². The number of nitrogens with two attached hydrogens (primary N) is 1. The largest absolute Gasteiger partial charge is 0.398 e. The summed E-state index contributed by atoms with van der Waals surface area (Å²) in [6, 6.07) is 4.55. The van der Waals surface area contributed by atoms with Crippen LogP contribution in [0, 0.1) is 0 Å². The minimum Gasteiger partial charge on any atom is -0.398 e. The monoisotopic (exact) mass is 336 g/mol. The number of rotatable bonds is 7. The van der Waals surface area contributed by atoms with Crippen molar-refractivity contribution >= 4 is 31.6 Å². The molecule has 1 rings (SSSR count). The molecular formula is C11H17BrN2O3S. The molecule has 1 aromatic carbocycles. The van der Waals surface area contributed by atoms with Gasteiger partial charge < -0.3 is 10.5 Å². The van der Waals surface area contributed by atoms with Crippen molar-refractivity contribution in [3.63, 3.8) is 0 Å². The highest BCUT2D eigenvalue weighted by Gasteiger charge is 2.14. The Labute approximate surface area is 116 Å². The van der Waals surface area contributed by atoms with E-state index >= 15 is 0 Å². The minimum absolute atomic E-state index is 0.166. The molecule has 0 aliphatic heterocycles. The molecule has 0 aromatic heterocycles. The molecule has 0 radical (unpaired) electrons. The zero-order valence-corrected chi connectivity index (χ0v) is 12.6. The van der Waals surface area contributed by atoms with Gasteiger partial charge in [-0.1, -0.05) is 0 Å². The van der Waals surface area contributed by atoms with Crippen LogP contribution in [0.1, 0.15) is 13.3 Å². The average molecular weight is 337 g/mol. The molecule has 3 N–H and O–H groups in total. The van der Waals surface area contributed by atoms with E-state index in [1.54, 1.807) is 6.07 Å². The van der Waals surface area contributed by atoms with E-state index in [1.165, 1.54) is 12.1 Å². The molecule has 0 saturated carbocycles. The first-order valence-electron chi connectivity index (χ1n) is 5.60. The lowest BCUT2D eigenvalue weighted by atomic mass is 10.3. The van der Waals surface area contributed by atoms with E-state index < -0.39 is 10.0 Å². The molecule has 0 fully saturated rings. The third-order valence-corrected chi connectivity index (χ3v) is 4.42. The summed E-state index contributed by atoms with van der Waals surface area (Å²) in [5.74, 6) is 0. The standard InChI is InChI=1S/C11H17BrN2O3S/c1-2-17-7-3-6-14-18(15,16)9-4-5-10(12)11(13)8-9/h4-5,8,14H,2-3,6-7,13H2,1H3. The Morgan fingerprint density at radius 3 is 2.78 bits per heavy atom. The van der Waals surface area contributed by atoms with E-state index in [2.05, 4.69) is 20.7 Å². The van der Waals surface area contributed by atoms with Crippen LogP contribution in [0.25, 0.3) is 0 Å². The molecule has 0 unspecified atom stereocenters. The lowest BCUT2D eigenvalue weighted by Crippen LogP contribution is -2.25. The first kappa shape index (κ1) is 15.4. The summed E-state index contributed by atoms with van der Waals surface area (Å²) in [7, 11) is -3.49. The Hall–Kier alpha value is -0.630. The van der Waals surface area contributed by atoms with Gasteiger partial charge in [0.05, 0.1) is 4.90 Å². The molecule has 5 nitrogen and oxygen atoms in total. The van der Waals surface area contributed by atoms with Crippen molar-refractivity contribution < 1.29 is 13.2 Å². The zero-order valence-electron chi connectivity index (χ0n) is 10.1. The number of ether oxygens (including phenoxy) is 1. The van der Waals surface area contributed by atoms with E-state index in [4.69, 9.17) is 10.5 Å². The van der Waals surface area contributed by atoms with Gasteiger partial charge in [0.1, 0.15) is 0 Å². The third kappa shape index (κ3) is 4.56. The highest BCUT2D eigenvalue weighted by atomic mass is 79.9. The van der Waals surface area contributed by atoms with Crippen LogP contribution >= 0.6 is 15.9 Å². The Balaban J connectivity index is 2.60. The van der Waals surface area contributed by atoms with Crippen LogP contribution in [-0.2, 0) is 14.8 Å². The SMILES string of the molecule is CCOCCCNS(=O)(=O)c1ccc(Br)c(N)c1. The number of nitrogen functional groups attached to an aromatic ring is 1. The van der Waals surface area contributed by atoms with Gasteiger partial charge in [0.25, 0.3) is 0 Å². The number of halogens is 1. The summed E-state index contributed by atoms with van der Waals surface area (Å²) >= 11 is 3.22. The van der Waals surface area contributed by atoms with Crippen molar-refractivity contribution in [1.82, 2.24) is 4.72 Å². The van der Waals surface area contributed by atoms with Crippen molar-refractivity contribution in [2.75, 3.05) is 25.5 Å². The average Bonchev–Trinajstić information content (AvgIpc) is 2.32. The molecule has 7 heteroatoms. The summed E-state index contributed by atoms with van der Waals surface area (Å²) in [6.07, 6.45) is 0.638. The molecular weight excluding hydrogens is 320 g/mol. The summed E-state index contributed by atoms with van der Waals surface area (Å²) in [5.41, 5.74) is 6.05. The number of anilines is 1. The molecule has 18 heavy (non-hydrogen) atoms. The molecule has 0 aliphatic rings. The maximum atomic E-state index is 11.9. The normalized spacial score (nSPS) is 11.7. The second-order valence-electron chi connectivity index (χ2n) is 3.63. The molecule has 0 amide bonds. The van der Waals surface area contributed by atoms with Crippen LogP contribution in [0.5, 0.6) is 0 Å². The van der Waals surface area contributed by atoms with Crippen molar-refractivity contribution in [2.24, 2.45) is 0 Å². The fraction of sp³-hybridized carbons (Fsp3) is 0.455. The predicted octanol–water partition coefficient (Wildman–Crippen LogP) is 1.74. The first-order chi connectivity index (χ1) is 8.47. The molecule has 1 aromatic rings. The van der Waals surface area contributed by atoms with Crippen molar-refractivity contribution in [1.29, 1.82) is 0 Å². The van der Waals surface area contributed by atoms with Crippen molar-refractivity contribution in [3.8, 4) is 0 Å². The molecule has 0 heterocycles. The van der Waals surface area contributed by atoms with Gasteiger partial charge >= 0.3 is 0 Å². The highest BCUT2D eigenvalue weighted by Crippen LogP contribution is 2.22. The van der Waals surface area contributed by atoms with E-state index in [-0.39, 0.29) is 4.90 Å². The fourth-order valence-corrected chi connectivity index (χ4v) is 2.65. The smallest absolute Gasteiger partial charge is 0.240 e.